The third-order valence-electron chi connectivity index (χ3n) is 3.93. The molecular weight excluding hydrogens is 240 g/mol. The largest absolute Gasteiger partial charge is 0.507 e. The Bertz CT molecular complexity index is 473. The van der Waals surface area contributed by atoms with Crippen LogP contribution in [0.5, 0.6) is 5.75 Å². The normalized spacial score (nSPS) is 20.6. The van der Waals surface area contributed by atoms with Crippen molar-refractivity contribution in [2.24, 2.45) is 0 Å². The van der Waals surface area contributed by atoms with Crippen molar-refractivity contribution < 1.29 is 9.90 Å². The number of phenols is 1. The Morgan fingerprint density at radius 2 is 2.16 bits per heavy atom. The van der Waals surface area contributed by atoms with Crippen molar-refractivity contribution in [3.8, 4) is 5.75 Å². The number of amides is 1. The summed E-state index contributed by atoms with van der Waals surface area (Å²) in [7, 11) is 0. The van der Waals surface area contributed by atoms with Gasteiger partial charge in [0, 0.05) is 25.7 Å². The van der Waals surface area contributed by atoms with Crippen molar-refractivity contribution in [2.45, 2.75) is 26.8 Å². The van der Waals surface area contributed by atoms with E-state index in [1.54, 1.807) is 6.07 Å². The number of likely N-dealkylation sites (N-methyl/N-ethyl adjacent to an activating group) is 1. The van der Waals surface area contributed by atoms with E-state index in [4.69, 9.17) is 0 Å². The minimum absolute atomic E-state index is 0.0659. The molecule has 0 aromatic heterocycles. The first-order valence-corrected chi connectivity index (χ1v) is 6.86. The van der Waals surface area contributed by atoms with Gasteiger partial charge in [0.1, 0.15) is 5.75 Å². The molecule has 1 aromatic rings. The molecule has 1 aliphatic heterocycles. The van der Waals surface area contributed by atoms with E-state index in [2.05, 4.69) is 18.7 Å². The van der Waals surface area contributed by atoms with E-state index < -0.39 is 0 Å². The van der Waals surface area contributed by atoms with Gasteiger partial charge in [0.2, 0.25) is 0 Å². The second-order valence-corrected chi connectivity index (χ2v) is 5.20. The molecule has 1 aromatic carbocycles. The number of carbonyl (C=O) groups excluding carboxylic acids is 1. The number of phenolic OH excluding ortho intramolecular Hbond substituents is 1. The maximum absolute atomic E-state index is 12.5. The highest BCUT2D eigenvalue weighted by Gasteiger charge is 2.27. The quantitative estimate of drug-likeness (QED) is 0.885. The van der Waals surface area contributed by atoms with E-state index in [0.717, 1.165) is 31.7 Å². The molecule has 0 bridgehead atoms. The fourth-order valence-electron chi connectivity index (χ4n) is 2.65. The van der Waals surface area contributed by atoms with Gasteiger partial charge in [0.05, 0.1) is 5.56 Å². The lowest BCUT2D eigenvalue weighted by Gasteiger charge is -2.39. The van der Waals surface area contributed by atoms with Crippen molar-refractivity contribution in [1.29, 1.82) is 0 Å². The standard InChI is InChI=1S/C15H22N2O2/c1-4-16-8-9-17(10-12(16)3)15(19)13-7-5-6-11(2)14(13)18/h5-7,12,18H,4,8-10H2,1-3H3. The Hall–Kier alpha value is -1.55. The Kier molecular flexibility index (Phi) is 4.10. The number of piperazine rings is 1. The minimum Gasteiger partial charge on any atom is -0.507 e. The molecule has 104 valence electrons. The fourth-order valence-corrected chi connectivity index (χ4v) is 2.65. The van der Waals surface area contributed by atoms with Crippen LogP contribution in [0.25, 0.3) is 0 Å². The molecule has 1 atom stereocenters. The molecule has 4 nitrogen and oxygen atoms in total. The number of hydrogen-bond acceptors (Lipinski definition) is 3. The van der Waals surface area contributed by atoms with E-state index in [1.807, 2.05) is 24.0 Å². The van der Waals surface area contributed by atoms with Gasteiger partial charge in [0.15, 0.2) is 0 Å². The molecule has 0 spiro atoms. The highest BCUT2D eigenvalue weighted by atomic mass is 16.3. The summed E-state index contributed by atoms with van der Waals surface area (Å²) >= 11 is 0. The van der Waals surface area contributed by atoms with Gasteiger partial charge in [-0.1, -0.05) is 19.1 Å². The lowest BCUT2D eigenvalue weighted by atomic mass is 10.1. The summed E-state index contributed by atoms with van der Waals surface area (Å²) in [6.07, 6.45) is 0. The molecule has 1 saturated heterocycles. The fraction of sp³-hybridized carbons (Fsp3) is 0.533. The summed E-state index contributed by atoms with van der Waals surface area (Å²) in [6, 6.07) is 5.69. The first-order chi connectivity index (χ1) is 9.04. The SMILES string of the molecule is CCN1CCN(C(=O)c2cccc(C)c2O)CC1C. The summed E-state index contributed by atoms with van der Waals surface area (Å²) in [5.41, 5.74) is 1.16. The molecule has 1 aliphatic rings. The zero-order chi connectivity index (χ0) is 14.0. The van der Waals surface area contributed by atoms with Crippen LogP contribution >= 0.6 is 0 Å². The predicted molar refractivity (Wildman–Crippen MR) is 75.5 cm³/mol. The molecule has 0 radical (unpaired) electrons. The third kappa shape index (κ3) is 2.73. The Morgan fingerprint density at radius 3 is 2.79 bits per heavy atom. The van der Waals surface area contributed by atoms with Crippen molar-refractivity contribution in [2.75, 3.05) is 26.2 Å². The summed E-state index contributed by atoms with van der Waals surface area (Å²) < 4.78 is 0. The zero-order valence-electron chi connectivity index (χ0n) is 11.9. The molecule has 2 rings (SSSR count). The summed E-state index contributed by atoms with van der Waals surface area (Å²) in [5.74, 6) is 0.0434. The van der Waals surface area contributed by atoms with Crippen LogP contribution in [0.3, 0.4) is 0 Å². The zero-order valence-corrected chi connectivity index (χ0v) is 11.9. The van der Waals surface area contributed by atoms with Crippen molar-refractivity contribution in [3.05, 3.63) is 29.3 Å². The van der Waals surface area contributed by atoms with Gasteiger partial charge in [-0.05, 0) is 32.0 Å². The molecule has 1 N–H and O–H groups in total. The number of aryl methyl sites for hydroxylation is 1. The van der Waals surface area contributed by atoms with Gasteiger partial charge in [0.25, 0.3) is 5.91 Å². The van der Waals surface area contributed by atoms with E-state index in [1.165, 1.54) is 0 Å². The lowest BCUT2D eigenvalue weighted by Crippen LogP contribution is -2.53. The first kappa shape index (κ1) is 13.9. The van der Waals surface area contributed by atoms with Crippen LogP contribution in [0.2, 0.25) is 0 Å². The van der Waals surface area contributed by atoms with Gasteiger partial charge in [-0.15, -0.1) is 0 Å². The molecule has 1 heterocycles. The highest BCUT2D eigenvalue weighted by molar-refractivity contribution is 5.97. The molecular formula is C15H22N2O2. The number of carbonyl (C=O) groups is 1. The number of benzene rings is 1. The average Bonchev–Trinajstić information content (AvgIpc) is 2.41. The van der Waals surface area contributed by atoms with E-state index in [0.29, 0.717) is 11.6 Å². The minimum atomic E-state index is -0.0659. The van der Waals surface area contributed by atoms with Crippen molar-refractivity contribution in [1.82, 2.24) is 9.80 Å². The maximum atomic E-state index is 12.5. The predicted octanol–water partition coefficient (Wildman–Crippen LogP) is 1.87. The Balaban J connectivity index is 2.15. The number of rotatable bonds is 2. The summed E-state index contributed by atoms with van der Waals surface area (Å²) in [4.78, 5) is 16.7. The topological polar surface area (TPSA) is 43.8 Å². The van der Waals surface area contributed by atoms with Gasteiger partial charge >= 0.3 is 0 Å². The van der Waals surface area contributed by atoms with Crippen LogP contribution in [0.1, 0.15) is 29.8 Å². The van der Waals surface area contributed by atoms with E-state index in [-0.39, 0.29) is 11.7 Å². The summed E-state index contributed by atoms with van der Waals surface area (Å²) in [5, 5.41) is 10.0. The smallest absolute Gasteiger partial charge is 0.257 e. The van der Waals surface area contributed by atoms with Gasteiger partial charge in [-0.25, -0.2) is 0 Å². The molecule has 0 saturated carbocycles. The monoisotopic (exact) mass is 262 g/mol. The Morgan fingerprint density at radius 1 is 1.42 bits per heavy atom. The molecule has 1 amide bonds. The van der Waals surface area contributed by atoms with Crippen molar-refractivity contribution in [3.63, 3.8) is 0 Å². The van der Waals surface area contributed by atoms with Crippen LogP contribution < -0.4 is 0 Å². The highest BCUT2D eigenvalue weighted by Crippen LogP contribution is 2.24. The average molecular weight is 262 g/mol. The second kappa shape index (κ2) is 5.61. The molecule has 0 aliphatic carbocycles. The molecule has 19 heavy (non-hydrogen) atoms. The van der Waals surface area contributed by atoms with E-state index >= 15 is 0 Å². The number of aromatic hydroxyl groups is 1. The second-order valence-electron chi connectivity index (χ2n) is 5.20. The first-order valence-electron chi connectivity index (χ1n) is 6.86. The molecule has 1 fully saturated rings. The third-order valence-corrected chi connectivity index (χ3v) is 3.93. The van der Waals surface area contributed by atoms with Crippen LogP contribution in [-0.2, 0) is 0 Å². The van der Waals surface area contributed by atoms with Crippen LogP contribution in [0.4, 0.5) is 0 Å². The molecule has 4 heteroatoms. The van der Waals surface area contributed by atoms with Crippen molar-refractivity contribution >= 4 is 5.91 Å². The van der Waals surface area contributed by atoms with Gasteiger partial charge in [-0.3, -0.25) is 9.69 Å². The molecule has 1 unspecified atom stereocenters. The number of hydrogen-bond donors (Lipinski definition) is 1. The van der Waals surface area contributed by atoms with E-state index in [9.17, 15) is 9.90 Å². The lowest BCUT2D eigenvalue weighted by molar-refractivity contribution is 0.0525. The summed E-state index contributed by atoms with van der Waals surface area (Å²) in [6.45, 7) is 9.45. The maximum Gasteiger partial charge on any atom is 0.257 e. The van der Waals surface area contributed by atoms with Gasteiger partial charge < -0.3 is 10.0 Å². The number of nitrogens with zero attached hydrogens (tertiary/aromatic N) is 2. The Labute approximate surface area is 114 Å². The van der Waals surface area contributed by atoms with Crippen LogP contribution in [0, 0.1) is 6.92 Å². The number of para-hydroxylation sites is 1. The van der Waals surface area contributed by atoms with Crippen LogP contribution in [0.15, 0.2) is 18.2 Å². The van der Waals surface area contributed by atoms with Crippen LogP contribution in [-0.4, -0.2) is 53.0 Å². The van der Waals surface area contributed by atoms with Gasteiger partial charge in [-0.2, -0.15) is 0 Å².